The topological polar surface area (TPSA) is 50.7 Å². The number of nitrogens with one attached hydrogen (secondary N) is 1. The van der Waals surface area contributed by atoms with Crippen LogP contribution in [0.1, 0.15) is 17.5 Å². The van der Waals surface area contributed by atoms with Crippen LogP contribution in [0.3, 0.4) is 0 Å². The molecule has 0 aliphatic carbocycles. The van der Waals surface area contributed by atoms with Gasteiger partial charge < -0.3 is 10.2 Å². The second kappa shape index (κ2) is 6.54. The molecule has 25 heavy (non-hydrogen) atoms. The molecule has 0 radical (unpaired) electrons. The number of benzene rings is 2. The number of hydrogen-bond acceptors (Lipinski definition) is 3. The van der Waals surface area contributed by atoms with E-state index in [-0.39, 0.29) is 12.1 Å². The molecule has 1 amide bonds. The van der Waals surface area contributed by atoms with Crippen LogP contribution < -0.4 is 5.32 Å². The molecule has 1 aliphatic rings. The molecule has 0 saturated carbocycles. The second-order valence-electron chi connectivity index (χ2n) is 5.41. The summed E-state index contributed by atoms with van der Waals surface area (Å²) in [6.45, 7) is 0. The second-order valence-corrected chi connectivity index (χ2v) is 5.41. The summed E-state index contributed by atoms with van der Waals surface area (Å²) in [4.78, 5) is 17.2. The van der Waals surface area contributed by atoms with E-state index in [0.717, 1.165) is 12.1 Å². The van der Waals surface area contributed by atoms with Gasteiger partial charge in [0.1, 0.15) is 5.82 Å². The standard InChI is InChI=1S/C17H12F4N2O2/c18-12-6-4-10(5-7-12)14-9-15(25-23-14)16(24)22-13-3-1-2-11(8-13)17(19,20)21/h1-8,15H,9H2,(H,22,24)/t15-/m1/s1. The van der Waals surface area contributed by atoms with E-state index in [1.807, 2.05) is 0 Å². The van der Waals surface area contributed by atoms with Crippen molar-refractivity contribution >= 4 is 17.3 Å². The van der Waals surface area contributed by atoms with Crippen molar-refractivity contribution < 1.29 is 27.2 Å². The van der Waals surface area contributed by atoms with Gasteiger partial charge in [0.15, 0.2) is 0 Å². The van der Waals surface area contributed by atoms with Crippen LogP contribution in [0.2, 0.25) is 0 Å². The zero-order valence-electron chi connectivity index (χ0n) is 12.7. The smallest absolute Gasteiger partial charge is 0.382 e. The summed E-state index contributed by atoms with van der Waals surface area (Å²) in [6.07, 6.45) is -5.32. The molecular formula is C17H12F4N2O2. The highest BCUT2D eigenvalue weighted by molar-refractivity contribution is 6.06. The molecule has 1 aliphatic heterocycles. The lowest BCUT2D eigenvalue weighted by Gasteiger charge is -2.12. The fourth-order valence-corrected chi connectivity index (χ4v) is 2.33. The van der Waals surface area contributed by atoms with Gasteiger partial charge in [0.2, 0.25) is 6.10 Å². The zero-order valence-corrected chi connectivity index (χ0v) is 12.7. The first kappa shape index (κ1) is 16.9. The fraction of sp³-hybridized carbons (Fsp3) is 0.176. The number of halogens is 4. The van der Waals surface area contributed by atoms with Crippen molar-refractivity contribution in [3.8, 4) is 0 Å². The van der Waals surface area contributed by atoms with Gasteiger partial charge in [-0.15, -0.1) is 0 Å². The SMILES string of the molecule is O=C(Nc1cccc(C(F)(F)F)c1)[C@H]1CC(c2ccc(F)cc2)=NO1. The van der Waals surface area contributed by atoms with Crippen molar-refractivity contribution in [2.24, 2.45) is 5.16 Å². The zero-order chi connectivity index (χ0) is 18.0. The van der Waals surface area contributed by atoms with Gasteiger partial charge in [-0.2, -0.15) is 13.2 Å². The number of anilines is 1. The van der Waals surface area contributed by atoms with Crippen LogP contribution in [0, 0.1) is 5.82 Å². The van der Waals surface area contributed by atoms with Gasteiger partial charge in [-0.1, -0.05) is 23.4 Å². The van der Waals surface area contributed by atoms with E-state index in [0.29, 0.717) is 11.3 Å². The number of nitrogens with zero attached hydrogens (tertiary/aromatic N) is 1. The van der Waals surface area contributed by atoms with Crippen LogP contribution in [-0.2, 0) is 15.8 Å². The first-order valence-corrected chi connectivity index (χ1v) is 7.30. The predicted octanol–water partition coefficient (Wildman–Crippen LogP) is 3.98. The fourth-order valence-electron chi connectivity index (χ4n) is 2.33. The molecule has 4 nitrogen and oxygen atoms in total. The van der Waals surface area contributed by atoms with Crippen molar-refractivity contribution in [1.29, 1.82) is 0 Å². The van der Waals surface area contributed by atoms with Crippen LogP contribution in [-0.4, -0.2) is 17.7 Å². The van der Waals surface area contributed by atoms with Gasteiger partial charge >= 0.3 is 6.18 Å². The van der Waals surface area contributed by atoms with Crippen LogP contribution in [0.5, 0.6) is 0 Å². The summed E-state index contributed by atoms with van der Waals surface area (Å²) in [5, 5.41) is 6.17. The lowest BCUT2D eigenvalue weighted by molar-refractivity contribution is -0.137. The van der Waals surface area contributed by atoms with E-state index in [1.54, 1.807) is 0 Å². The molecule has 0 bridgehead atoms. The van der Waals surface area contributed by atoms with Gasteiger partial charge in [-0.25, -0.2) is 4.39 Å². The molecular weight excluding hydrogens is 340 g/mol. The van der Waals surface area contributed by atoms with Gasteiger partial charge in [0.25, 0.3) is 5.91 Å². The Morgan fingerprint density at radius 3 is 2.56 bits per heavy atom. The normalized spacial score (nSPS) is 17.0. The van der Waals surface area contributed by atoms with Crippen LogP contribution in [0.15, 0.2) is 53.7 Å². The van der Waals surface area contributed by atoms with E-state index < -0.39 is 29.6 Å². The molecule has 0 aromatic heterocycles. The number of oxime groups is 1. The van der Waals surface area contributed by atoms with Gasteiger partial charge in [0, 0.05) is 12.1 Å². The molecule has 1 N–H and O–H groups in total. The highest BCUT2D eigenvalue weighted by atomic mass is 19.4. The third kappa shape index (κ3) is 3.96. The summed E-state index contributed by atoms with van der Waals surface area (Å²) in [5.74, 6) is -1.01. The Labute approximate surface area is 140 Å². The van der Waals surface area contributed by atoms with Crippen molar-refractivity contribution in [1.82, 2.24) is 0 Å². The molecule has 2 aromatic carbocycles. The van der Waals surface area contributed by atoms with Crippen molar-refractivity contribution in [2.75, 3.05) is 5.32 Å². The molecule has 130 valence electrons. The summed E-state index contributed by atoms with van der Waals surface area (Å²) in [7, 11) is 0. The number of carbonyl (C=O) groups is 1. The van der Waals surface area contributed by atoms with Gasteiger partial charge in [-0.3, -0.25) is 4.79 Å². The molecule has 1 heterocycles. The lowest BCUT2D eigenvalue weighted by atomic mass is 10.0. The Kier molecular flexibility index (Phi) is 4.43. The predicted molar refractivity (Wildman–Crippen MR) is 82.5 cm³/mol. The van der Waals surface area contributed by atoms with Gasteiger partial charge in [-0.05, 0) is 35.9 Å². The maximum absolute atomic E-state index is 12.9. The molecule has 0 saturated heterocycles. The van der Waals surface area contributed by atoms with E-state index in [2.05, 4.69) is 10.5 Å². The van der Waals surface area contributed by atoms with Crippen LogP contribution in [0.25, 0.3) is 0 Å². The maximum Gasteiger partial charge on any atom is 0.416 e. The molecule has 2 aromatic rings. The van der Waals surface area contributed by atoms with Crippen molar-refractivity contribution in [3.05, 3.63) is 65.5 Å². The first-order chi connectivity index (χ1) is 11.8. The molecule has 1 atom stereocenters. The Morgan fingerprint density at radius 1 is 1.16 bits per heavy atom. The number of carbonyl (C=O) groups excluding carboxylic acids is 1. The number of amides is 1. The lowest BCUT2D eigenvalue weighted by Crippen LogP contribution is -2.28. The average molecular weight is 352 g/mol. The molecule has 0 spiro atoms. The summed E-state index contributed by atoms with van der Waals surface area (Å²) < 4.78 is 51.0. The summed E-state index contributed by atoms with van der Waals surface area (Å²) in [6, 6.07) is 9.83. The number of hydrogen-bond donors (Lipinski definition) is 1. The Bertz CT molecular complexity index is 816. The molecule has 0 fully saturated rings. The monoisotopic (exact) mass is 352 g/mol. The maximum atomic E-state index is 12.9. The minimum Gasteiger partial charge on any atom is -0.382 e. The van der Waals surface area contributed by atoms with E-state index >= 15 is 0 Å². The quantitative estimate of drug-likeness (QED) is 0.850. The van der Waals surface area contributed by atoms with Gasteiger partial charge in [0.05, 0.1) is 11.3 Å². The third-order valence-electron chi connectivity index (χ3n) is 3.60. The Balaban J connectivity index is 1.65. The molecule has 0 unspecified atom stereocenters. The number of rotatable bonds is 3. The molecule has 3 rings (SSSR count). The van der Waals surface area contributed by atoms with Crippen LogP contribution >= 0.6 is 0 Å². The van der Waals surface area contributed by atoms with Crippen molar-refractivity contribution in [3.63, 3.8) is 0 Å². The van der Waals surface area contributed by atoms with Crippen molar-refractivity contribution in [2.45, 2.75) is 18.7 Å². The van der Waals surface area contributed by atoms with E-state index in [9.17, 15) is 22.4 Å². The summed E-state index contributed by atoms with van der Waals surface area (Å²) >= 11 is 0. The first-order valence-electron chi connectivity index (χ1n) is 7.30. The third-order valence-corrected chi connectivity index (χ3v) is 3.60. The minimum absolute atomic E-state index is 0.0126. The minimum atomic E-state index is -4.50. The van der Waals surface area contributed by atoms with Crippen LogP contribution in [0.4, 0.5) is 23.2 Å². The highest BCUT2D eigenvalue weighted by Gasteiger charge is 2.32. The van der Waals surface area contributed by atoms with E-state index in [4.69, 9.17) is 4.84 Å². The Morgan fingerprint density at radius 2 is 1.88 bits per heavy atom. The average Bonchev–Trinajstić information content (AvgIpc) is 3.05. The largest absolute Gasteiger partial charge is 0.416 e. The number of alkyl halides is 3. The highest BCUT2D eigenvalue weighted by Crippen LogP contribution is 2.30. The summed E-state index contributed by atoms with van der Waals surface area (Å²) in [5.41, 5.74) is 0.222. The Hall–Kier alpha value is -2.90. The van der Waals surface area contributed by atoms with E-state index in [1.165, 1.54) is 36.4 Å². The molecule has 8 heteroatoms.